The van der Waals surface area contributed by atoms with E-state index in [1.807, 2.05) is 0 Å². The maximum Gasteiger partial charge on any atom is 0.294 e. The van der Waals surface area contributed by atoms with Gasteiger partial charge < -0.3 is 10.1 Å². The van der Waals surface area contributed by atoms with Gasteiger partial charge >= 0.3 is 0 Å². The molecule has 1 aliphatic rings. The molecule has 1 N–H and O–H groups in total. The zero-order valence-electron chi connectivity index (χ0n) is 11.5. The molecule has 102 valence electrons. The average Bonchev–Trinajstić information content (AvgIpc) is 2.79. The Balaban J connectivity index is 1.84. The van der Waals surface area contributed by atoms with Crippen molar-refractivity contribution in [1.82, 2.24) is 15.5 Å². The van der Waals surface area contributed by atoms with Gasteiger partial charge in [0.25, 0.3) is 5.19 Å². The summed E-state index contributed by atoms with van der Waals surface area (Å²) >= 11 is 1.56. The van der Waals surface area contributed by atoms with E-state index in [9.17, 15) is 0 Å². The van der Waals surface area contributed by atoms with Crippen molar-refractivity contribution in [2.24, 2.45) is 11.8 Å². The number of nitrogens with zero attached hydrogens (tertiary/aromatic N) is 2. The van der Waals surface area contributed by atoms with Crippen LogP contribution in [0.2, 0.25) is 0 Å². The molecular formula is C13H23N3OS. The van der Waals surface area contributed by atoms with Gasteiger partial charge in [0, 0.05) is 6.54 Å². The highest BCUT2D eigenvalue weighted by Gasteiger charge is 2.26. The minimum Gasteiger partial charge on any atom is -0.466 e. The smallest absolute Gasteiger partial charge is 0.294 e. The minimum atomic E-state index is 0.330. The third kappa shape index (κ3) is 3.65. The summed E-state index contributed by atoms with van der Waals surface area (Å²) in [4.78, 5) is 0. The summed E-state index contributed by atoms with van der Waals surface area (Å²) in [6.45, 7) is 8.48. The molecule has 4 nitrogen and oxygen atoms in total. The molecule has 1 aromatic heterocycles. The number of nitrogens with one attached hydrogen (secondary N) is 1. The molecule has 0 saturated heterocycles. The number of rotatable bonds is 5. The Morgan fingerprint density at radius 3 is 2.83 bits per heavy atom. The van der Waals surface area contributed by atoms with Crippen LogP contribution in [0.25, 0.3) is 0 Å². The molecule has 3 unspecified atom stereocenters. The largest absolute Gasteiger partial charge is 0.466 e. The van der Waals surface area contributed by atoms with Crippen molar-refractivity contribution in [3.63, 3.8) is 0 Å². The van der Waals surface area contributed by atoms with Crippen molar-refractivity contribution >= 4 is 11.3 Å². The lowest BCUT2D eigenvalue weighted by atomic mass is 9.80. The van der Waals surface area contributed by atoms with E-state index >= 15 is 0 Å². The van der Waals surface area contributed by atoms with Gasteiger partial charge in [0.15, 0.2) is 0 Å². The summed E-state index contributed by atoms with van der Waals surface area (Å²) in [5.41, 5.74) is 0. The Labute approximate surface area is 113 Å². The van der Waals surface area contributed by atoms with Crippen molar-refractivity contribution in [2.45, 2.75) is 52.7 Å². The van der Waals surface area contributed by atoms with Crippen LogP contribution in [0, 0.1) is 11.8 Å². The highest BCUT2D eigenvalue weighted by molar-refractivity contribution is 7.13. The first-order valence-corrected chi connectivity index (χ1v) is 7.70. The van der Waals surface area contributed by atoms with Gasteiger partial charge in [-0.3, -0.25) is 0 Å². The van der Waals surface area contributed by atoms with Crippen molar-refractivity contribution < 1.29 is 4.74 Å². The fourth-order valence-electron chi connectivity index (χ4n) is 2.34. The van der Waals surface area contributed by atoms with Crippen LogP contribution in [0.1, 0.15) is 45.0 Å². The first-order valence-electron chi connectivity index (χ1n) is 6.88. The molecule has 0 bridgehead atoms. The SMILES string of the molecule is CCNCc1nnc(OC2CCC(C)C(C)C2)s1. The summed E-state index contributed by atoms with van der Waals surface area (Å²) in [5, 5.41) is 13.2. The average molecular weight is 269 g/mol. The number of aromatic nitrogens is 2. The topological polar surface area (TPSA) is 47.0 Å². The van der Waals surface area contributed by atoms with E-state index in [0.29, 0.717) is 6.10 Å². The normalized spacial score (nSPS) is 28.3. The molecule has 1 saturated carbocycles. The minimum absolute atomic E-state index is 0.330. The molecule has 1 aromatic rings. The second-order valence-electron chi connectivity index (χ2n) is 5.25. The quantitative estimate of drug-likeness (QED) is 0.893. The molecular weight excluding hydrogens is 246 g/mol. The Morgan fingerprint density at radius 1 is 1.28 bits per heavy atom. The summed E-state index contributed by atoms with van der Waals surface area (Å²) in [7, 11) is 0. The maximum absolute atomic E-state index is 5.95. The van der Waals surface area contributed by atoms with Gasteiger partial charge in [0.1, 0.15) is 11.1 Å². The lowest BCUT2D eigenvalue weighted by Gasteiger charge is -2.31. The third-order valence-corrected chi connectivity index (χ3v) is 4.61. The fourth-order valence-corrected chi connectivity index (χ4v) is 3.06. The van der Waals surface area contributed by atoms with Crippen molar-refractivity contribution in [2.75, 3.05) is 6.54 Å². The molecule has 2 rings (SSSR count). The van der Waals surface area contributed by atoms with Crippen LogP contribution >= 0.6 is 11.3 Å². The number of ether oxygens (including phenoxy) is 1. The van der Waals surface area contributed by atoms with Crippen LogP contribution in [0.3, 0.4) is 0 Å². The van der Waals surface area contributed by atoms with Crippen LogP contribution in [-0.2, 0) is 6.54 Å². The summed E-state index contributed by atoms with van der Waals surface area (Å²) < 4.78 is 5.95. The first kappa shape index (κ1) is 13.7. The van der Waals surface area contributed by atoms with Gasteiger partial charge in [-0.05, 0) is 37.6 Å². The number of hydrogen-bond acceptors (Lipinski definition) is 5. The summed E-state index contributed by atoms with van der Waals surface area (Å²) in [6, 6.07) is 0. The van der Waals surface area contributed by atoms with Crippen LogP contribution in [0.4, 0.5) is 0 Å². The van der Waals surface area contributed by atoms with E-state index in [0.717, 1.165) is 48.0 Å². The maximum atomic E-state index is 5.95. The predicted octanol–water partition coefficient (Wildman–Crippen LogP) is 2.85. The molecule has 1 heterocycles. The molecule has 1 fully saturated rings. The number of hydrogen-bond donors (Lipinski definition) is 1. The third-order valence-electron chi connectivity index (χ3n) is 3.79. The van der Waals surface area contributed by atoms with E-state index in [1.165, 1.54) is 6.42 Å². The van der Waals surface area contributed by atoms with Gasteiger partial charge in [0.05, 0.1) is 0 Å². The van der Waals surface area contributed by atoms with Crippen LogP contribution < -0.4 is 10.1 Å². The van der Waals surface area contributed by atoms with E-state index in [-0.39, 0.29) is 0 Å². The van der Waals surface area contributed by atoms with E-state index in [2.05, 4.69) is 36.3 Å². The lowest BCUT2D eigenvalue weighted by Crippen LogP contribution is -2.28. The first-order chi connectivity index (χ1) is 8.69. The molecule has 0 spiro atoms. The Morgan fingerprint density at radius 2 is 2.11 bits per heavy atom. The lowest BCUT2D eigenvalue weighted by molar-refractivity contribution is 0.0996. The Bertz CT molecular complexity index is 369. The molecule has 0 amide bonds. The second kappa shape index (κ2) is 6.48. The highest BCUT2D eigenvalue weighted by atomic mass is 32.1. The summed E-state index contributed by atoms with van der Waals surface area (Å²) in [6.07, 6.45) is 3.88. The van der Waals surface area contributed by atoms with Crippen molar-refractivity contribution in [3.05, 3.63) is 5.01 Å². The standard InChI is InChI=1S/C13H23N3OS/c1-4-14-8-12-15-16-13(18-12)17-11-6-5-9(2)10(3)7-11/h9-11,14H,4-8H2,1-3H3. The molecule has 5 heteroatoms. The van der Waals surface area contributed by atoms with Crippen LogP contribution in [0.15, 0.2) is 0 Å². The zero-order valence-corrected chi connectivity index (χ0v) is 12.3. The Hall–Kier alpha value is -0.680. The van der Waals surface area contributed by atoms with Gasteiger partial charge in [-0.2, -0.15) is 0 Å². The molecule has 18 heavy (non-hydrogen) atoms. The molecule has 0 aliphatic heterocycles. The van der Waals surface area contributed by atoms with Gasteiger partial charge in [0.2, 0.25) is 0 Å². The fraction of sp³-hybridized carbons (Fsp3) is 0.846. The molecule has 3 atom stereocenters. The van der Waals surface area contributed by atoms with Gasteiger partial charge in [-0.15, -0.1) is 5.10 Å². The van der Waals surface area contributed by atoms with E-state index in [1.54, 1.807) is 11.3 Å². The monoisotopic (exact) mass is 269 g/mol. The van der Waals surface area contributed by atoms with Crippen molar-refractivity contribution in [3.8, 4) is 5.19 Å². The molecule has 1 aliphatic carbocycles. The zero-order chi connectivity index (χ0) is 13.0. The predicted molar refractivity (Wildman–Crippen MR) is 73.9 cm³/mol. The van der Waals surface area contributed by atoms with Crippen LogP contribution in [-0.4, -0.2) is 22.8 Å². The van der Waals surface area contributed by atoms with Gasteiger partial charge in [-0.1, -0.05) is 37.2 Å². The molecule has 0 aromatic carbocycles. The van der Waals surface area contributed by atoms with Crippen molar-refractivity contribution in [1.29, 1.82) is 0 Å². The van der Waals surface area contributed by atoms with E-state index < -0.39 is 0 Å². The van der Waals surface area contributed by atoms with Gasteiger partial charge in [-0.25, -0.2) is 0 Å². The van der Waals surface area contributed by atoms with E-state index in [4.69, 9.17) is 4.74 Å². The van der Waals surface area contributed by atoms with Crippen LogP contribution in [0.5, 0.6) is 5.19 Å². The highest BCUT2D eigenvalue weighted by Crippen LogP contribution is 2.32. The second-order valence-corrected chi connectivity index (χ2v) is 6.27. The summed E-state index contributed by atoms with van der Waals surface area (Å²) in [5.74, 6) is 1.57. The molecule has 0 radical (unpaired) electrons. The Kier molecular flexibility index (Phi) is 4.95.